The maximum absolute atomic E-state index is 11.5. The molecule has 0 saturated heterocycles. The van der Waals surface area contributed by atoms with Gasteiger partial charge in [0, 0.05) is 58.9 Å². The molecule has 3 aliphatic carbocycles. The van der Waals surface area contributed by atoms with Gasteiger partial charge in [0.05, 0.1) is 30.0 Å². The van der Waals surface area contributed by atoms with Crippen molar-refractivity contribution in [2.45, 2.75) is 84.1 Å². The van der Waals surface area contributed by atoms with E-state index in [2.05, 4.69) is 42.7 Å². The molecule has 6 N–H and O–H groups in total. The van der Waals surface area contributed by atoms with E-state index < -0.39 is 12.1 Å². The van der Waals surface area contributed by atoms with Crippen molar-refractivity contribution in [2.75, 3.05) is 25.4 Å². The number of allylic oxidation sites excluding steroid dienone is 2. The molecule has 6 atom stereocenters. The highest BCUT2D eigenvalue weighted by atomic mass is 32.2. The Morgan fingerprint density at radius 2 is 2.00 bits per heavy atom. The molecular weight excluding hydrogens is 598 g/mol. The van der Waals surface area contributed by atoms with Gasteiger partial charge in [-0.25, -0.2) is 0 Å². The lowest BCUT2D eigenvalue weighted by atomic mass is 9.51. The van der Waals surface area contributed by atoms with E-state index in [1.807, 2.05) is 36.5 Å². The van der Waals surface area contributed by atoms with E-state index in [0.717, 1.165) is 97.1 Å². The molecule has 2 heterocycles. The Morgan fingerprint density at radius 3 is 2.78 bits per heavy atom. The van der Waals surface area contributed by atoms with Gasteiger partial charge < -0.3 is 30.4 Å². The minimum Gasteiger partial charge on any atom is -0.386 e. The number of nitrogens with two attached hydrogens (primary N) is 1. The normalized spacial score (nSPS) is 31.2. The summed E-state index contributed by atoms with van der Waals surface area (Å²) in [6.07, 6.45) is 11.2. The van der Waals surface area contributed by atoms with Crippen LogP contribution in [-0.4, -0.2) is 73.9 Å². The third kappa shape index (κ3) is 6.53. The molecule has 0 radical (unpaired) electrons. The van der Waals surface area contributed by atoms with Crippen molar-refractivity contribution in [1.82, 2.24) is 20.1 Å². The van der Waals surface area contributed by atoms with E-state index >= 15 is 0 Å². The SMILES string of the molecule is Cc1c(C2=CC=C(c3cc4cccc(C=O)c4[nH]3)C(O)C2N)cnn1CC1(C)CC2(C)CC(C)CC(OCCNCCSO)(C2)C1. The number of aliphatic hydroxyl groups is 1. The van der Waals surface area contributed by atoms with Gasteiger partial charge in [-0.15, -0.1) is 0 Å². The lowest BCUT2D eigenvalue weighted by Crippen LogP contribution is -2.55. The van der Waals surface area contributed by atoms with Gasteiger partial charge in [-0.1, -0.05) is 45.1 Å². The van der Waals surface area contributed by atoms with Crippen LogP contribution in [0.1, 0.15) is 80.2 Å². The number of aliphatic hydroxyl groups excluding tert-OH is 1. The number of hydrogen-bond donors (Lipinski definition) is 5. The standard InChI is InChI=1S/C36H49N5O4S/c1-23-15-34(3)19-35(4,21-36(16-23,20-34)45-12-10-38-11-13-46-44)22-41-24(2)29(17-39-41)27-8-9-28(33(43)31(27)37)30-14-25-6-5-7-26(18-42)32(25)40-30/h5-9,14,17-18,23,31,33,38,40,43-44H,10-13,15-16,19-22,37H2,1-4H3. The first-order chi connectivity index (χ1) is 22.0. The second-order valence-corrected chi connectivity index (χ2v) is 15.6. The van der Waals surface area contributed by atoms with Crippen LogP contribution >= 0.6 is 12.0 Å². The molecule has 1 aromatic carbocycles. The number of rotatable bonds is 12. The van der Waals surface area contributed by atoms with Gasteiger partial charge in [0.2, 0.25) is 0 Å². The van der Waals surface area contributed by atoms with Gasteiger partial charge in [0.1, 0.15) is 6.10 Å². The number of benzene rings is 1. The number of carbonyl (C=O) groups is 1. The van der Waals surface area contributed by atoms with Crippen molar-refractivity contribution in [3.05, 3.63) is 65.1 Å². The molecule has 0 spiro atoms. The number of carbonyl (C=O) groups excluding carboxylic acids is 1. The van der Waals surface area contributed by atoms with Crippen LogP contribution in [0.2, 0.25) is 0 Å². The minimum atomic E-state index is -0.915. The Balaban J connectivity index is 1.22. The fourth-order valence-corrected chi connectivity index (χ4v) is 9.66. The highest BCUT2D eigenvalue weighted by Gasteiger charge is 2.55. The zero-order valence-corrected chi connectivity index (χ0v) is 28.3. The summed E-state index contributed by atoms with van der Waals surface area (Å²) in [6.45, 7) is 12.3. The molecule has 6 unspecified atom stereocenters. The number of para-hydroxylation sites is 1. The van der Waals surface area contributed by atoms with Crippen molar-refractivity contribution in [3.63, 3.8) is 0 Å². The van der Waals surface area contributed by atoms with Gasteiger partial charge in [0.15, 0.2) is 6.29 Å². The Bertz CT molecular complexity index is 1650. The average Bonchev–Trinajstić information content (AvgIpc) is 3.58. The Morgan fingerprint density at radius 1 is 1.20 bits per heavy atom. The van der Waals surface area contributed by atoms with Gasteiger partial charge in [-0.2, -0.15) is 5.10 Å². The van der Waals surface area contributed by atoms with E-state index in [0.29, 0.717) is 29.4 Å². The molecule has 46 heavy (non-hydrogen) atoms. The zero-order chi connectivity index (χ0) is 32.7. The quantitative estimate of drug-likeness (QED) is 0.0941. The summed E-state index contributed by atoms with van der Waals surface area (Å²) in [5, 5.41) is 20.6. The molecule has 10 heteroatoms. The topological polar surface area (TPSA) is 138 Å². The smallest absolute Gasteiger partial charge is 0.152 e. The highest BCUT2D eigenvalue weighted by Crippen LogP contribution is 2.60. The van der Waals surface area contributed by atoms with Gasteiger partial charge in [0.25, 0.3) is 0 Å². The monoisotopic (exact) mass is 647 g/mol. The Hall–Kier alpha value is -2.73. The van der Waals surface area contributed by atoms with Crippen LogP contribution in [0.5, 0.6) is 0 Å². The van der Waals surface area contributed by atoms with Crippen LogP contribution in [0, 0.1) is 23.7 Å². The third-order valence-corrected chi connectivity index (χ3v) is 10.9. The number of H-pyrrole nitrogens is 1. The largest absolute Gasteiger partial charge is 0.386 e. The van der Waals surface area contributed by atoms with Crippen molar-refractivity contribution in [2.24, 2.45) is 22.5 Å². The molecule has 2 aromatic heterocycles. The number of aromatic nitrogens is 3. The Labute approximate surface area is 276 Å². The fraction of sp³-hybridized carbons (Fsp3) is 0.556. The van der Waals surface area contributed by atoms with Crippen molar-refractivity contribution >= 4 is 40.4 Å². The van der Waals surface area contributed by atoms with E-state index in [-0.39, 0.29) is 16.4 Å². The minimum absolute atomic E-state index is 0.00773. The van der Waals surface area contributed by atoms with E-state index in [1.54, 1.807) is 6.07 Å². The number of aromatic amines is 1. The van der Waals surface area contributed by atoms with Gasteiger partial charge in [-0.05, 0) is 85.5 Å². The molecule has 2 bridgehead atoms. The summed E-state index contributed by atoms with van der Waals surface area (Å²) >= 11 is 0.866. The molecule has 3 aromatic rings. The molecule has 0 amide bonds. The lowest BCUT2D eigenvalue weighted by molar-refractivity contribution is -0.177. The van der Waals surface area contributed by atoms with E-state index in [1.165, 1.54) is 6.42 Å². The van der Waals surface area contributed by atoms with Gasteiger partial charge in [-0.3, -0.25) is 9.48 Å². The number of nitrogens with one attached hydrogen (secondary N) is 2. The number of ether oxygens (including phenoxy) is 1. The van der Waals surface area contributed by atoms with Crippen LogP contribution in [0.15, 0.2) is 42.6 Å². The van der Waals surface area contributed by atoms with Crippen LogP contribution in [0.4, 0.5) is 0 Å². The van der Waals surface area contributed by atoms with Crippen molar-refractivity contribution in [1.29, 1.82) is 0 Å². The molecule has 3 aliphatic rings. The number of hydrogen-bond acceptors (Lipinski definition) is 8. The maximum atomic E-state index is 11.5. The van der Waals surface area contributed by atoms with Gasteiger partial charge >= 0.3 is 0 Å². The van der Waals surface area contributed by atoms with Crippen LogP contribution < -0.4 is 11.1 Å². The Kier molecular flexibility index (Phi) is 9.41. The molecule has 2 fully saturated rings. The van der Waals surface area contributed by atoms with E-state index in [4.69, 9.17) is 20.1 Å². The highest BCUT2D eigenvalue weighted by molar-refractivity contribution is 7.93. The molecule has 2 saturated carbocycles. The summed E-state index contributed by atoms with van der Waals surface area (Å²) in [5.74, 6) is 1.30. The molecular formula is C36H49N5O4S. The summed E-state index contributed by atoms with van der Waals surface area (Å²) in [7, 11) is 0. The summed E-state index contributed by atoms with van der Waals surface area (Å²) in [4.78, 5) is 14.9. The number of aldehydes is 1. The summed E-state index contributed by atoms with van der Waals surface area (Å²) in [6, 6.07) is 6.91. The second kappa shape index (κ2) is 13.1. The molecule has 0 aliphatic heterocycles. The van der Waals surface area contributed by atoms with E-state index in [9.17, 15) is 9.90 Å². The first-order valence-corrected chi connectivity index (χ1v) is 17.5. The fourth-order valence-electron chi connectivity index (χ4n) is 9.42. The van der Waals surface area contributed by atoms with Crippen molar-refractivity contribution in [3.8, 4) is 0 Å². The predicted molar refractivity (Wildman–Crippen MR) is 186 cm³/mol. The first-order valence-electron chi connectivity index (χ1n) is 16.5. The second-order valence-electron chi connectivity index (χ2n) is 14.9. The maximum Gasteiger partial charge on any atom is 0.152 e. The summed E-state index contributed by atoms with van der Waals surface area (Å²) in [5.41, 5.74) is 12.4. The average molecular weight is 648 g/mol. The number of nitrogens with zero attached hydrogens (tertiary/aromatic N) is 2. The zero-order valence-electron chi connectivity index (χ0n) is 27.5. The van der Waals surface area contributed by atoms with Crippen LogP contribution in [0.25, 0.3) is 22.0 Å². The molecule has 9 nitrogen and oxygen atoms in total. The lowest BCUT2D eigenvalue weighted by Gasteiger charge is -2.58. The van der Waals surface area contributed by atoms with Crippen LogP contribution in [-0.2, 0) is 11.3 Å². The summed E-state index contributed by atoms with van der Waals surface area (Å²) < 4.78 is 17.9. The molecule has 6 rings (SSSR count). The number of fused-ring (bicyclic) bond motifs is 3. The first kappa shape index (κ1) is 33.2. The van der Waals surface area contributed by atoms with Crippen LogP contribution in [0.3, 0.4) is 0 Å². The van der Waals surface area contributed by atoms with Crippen molar-refractivity contribution < 1.29 is 19.2 Å². The predicted octanol–water partition coefficient (Wildman–Crippen LogP) is 5.83. The third-order valence-electron chi connectivity index (χ3n) is 10.5. The molecule has 248 valence electrons.